The molecule has 1 amide bonds. The maximum absolute atomic E-state index is 12.8. The van der Waals surface area contributed by atoms with Gasteiger partial charge < -0.3 is 5.32 Å². The Morgan fingerprint density at radius 1 is 1.16 bits per heavy atom. The number of benzene rings is 2. The lowest BCUT2D eigenvalue weighted by atomic mass is 10.1. The minimum atomic E-state index is -0.298. The number of hydrogen-bond acceptors (Lipinski definition) is 1. The third-order valence-corrected chi connectivity index (χ3v) is 3.17. The molecule has 0 unspecified atom stereocenters. The zero-order chi connectivity index (χ0) is 13.8. The highest BCUT2D eigenvalue weighted by molar-refractivity contribution is 6.33. The standard InChI is InChI=1S/C15H13ClFNO/c1-10(11-6-8-12(17)9-7-11)18-15(19)13-4-2-3-5-14(13)16/h2-10H,1H3,(H,18,19)/t10-/m1/s1. The highest BCUT2D eigenvalue weighted by Gasteiger charge is 2.13. The third-order valence-electron chi connectivity index (χ3n) is 2.84. The van der Waals surface area contributed by atoms with Gasteiger partial charge in [0.1, 0.15) is 5.82 Å². The van der Waals surface area contributed by atoms with Crippen LogP contribution in [0.15, 0.2) is 48.5 Å². The van der Waals surface area contributed by atoms with E-state index in [0.29, 0.717) is 10.6 Å². The van der Waals surface area contributed by atoms with Gasteiger partial charge in [0.15, 0.2) is 0 Å². The summed E-state index contributed by atoms with van der Waals surface area (Å²) in [7, 11) is 0. The fourth-order valence-electron chi connectivity index (χ4n) is 1.75. The molecule has 0 heterocycles. The number of hydrogen-bond donors (Lipinski definition) is 1. The fourth-order valence-corrected chi connectivity index (χ4v) is 1.98. The Balaban J connectivity index is 2.11. The predicted octanol–water partition coefficient (Wildman–Crippen LogP) is 3.97. The SMILES string of the molecule is C[C@@H](NC(=O)c1ccccc1Cl)c1ccc(F)cc1. The van der Waals surface area contributed by atoms with Crippen LogP contribution in [-0.4, -0.2) is 5.91 Å². The molecule has 0 aromatic heterocycles. The van der Waals surface area contributed by atoms with E-state index >= 15 is 0 Å². The van der Waals surface area contributed by atoms with Crippen molar-refractivity contribution in [2.75, 3.05) is 0 Å². The number of amides is 1. The second-order valence-electron chi connectivity index (χ2n) is 4.23. The van der Waals surface area contributed by atoms with Crippen LogP contribution in [0.25, 0.3) is 0 Å². The van der Waals surface area contributed by atoms with Crippen LogP contribution in [0.1, 0.15) is 28.9 Å². The second kappa shape index (κ2) is 5.85. The first-order valence-electron chi connectivity index (χ1n) is 5.89. The van der Waals surface area contributed by atoms with Gasteiger partial charge in [-0.15, -0.1) is 0 Å². The number of halogens is 2. The summed E-state index contributed by atoms with van der Waals surface area (Å²) in [6.07, 6.45) is 0. The third kappa shape index (κ3) is 3.32. The van der Waals surface area contributed by atoms with E-state index in [0.717, 1.165) is 5.56 Å². The Kier molecular flexibility index (Phi) is 4.17. The second-order valence-corrected chi connectivity index (χ2v) is 4.63. The van der Waals surface area contributed by atoms with Gasteiger partial charge in [-0.1, -0.05) is 35.9 Å². The van der Waals surface area contributed by atoms with Gasteiger partial charge in [-0.2, -0.15) is 0 Å². The molecule has 4 heteroatoms. The molecule has 0 fully saturated rings. The van der Waals surface area contributed by atoms with Crippen molar-refractivity contribution in [1.82, 2.24) is 5.32 Å². The minimum Gasteiger partial charge on any atom is -0.345 e. The first-order valence-corrected chi connectivity index (χ1v) is 6.26. The quantitative estimate of drug-likeness (QED) is 0.904. The first kappa shape index (κ1) is 13.6. The highest BCUT2D eigenvalue weighted by atomic mass is 35.5. The number of carbonyl (C=O) groups excluding carboxylic acids is 1. The molecule has 1 atom stereocenters. The zero-order valence-corrected chi connectivity index (χ0v) is 11.1. The van der Waals surface area contributed by atoms with Crippen molar-refractivity contribution in [3.05, 3.63) is 70.5 Å². The van der Waals surface area contributed by atoms with E-state index in [1.165, 1.54) is 12.1 Å². The highest BCUT2D eigenvalue weighted by Crippen LogP contribution is 2.17. The average Bonchev–Trinajstić information content (AvgIpc) is 2.39. The van der Waals surface area contributed by atoms with E-state index in [4.69, 9.17) is 11.6 Å². The molecule has 1 N–H and O–H groups in total. The summed E-state index contributed by atoms with van der Waals surface area (Å²) in [5.41, 5.74) is 1.26. The molecule has 2 nitrogen and oxygen atoms in total. The van der Waals surface area contributed by atoms with E-state index in [-0.39, 0.29) is 17.8 Å². The summed E-state index contributed by atoms with van der Waals surface area (Å²) >= 11 is 5.96. The van der Waals surface area contributed by atoms with E-state index < -0.39 is 0 Å². The van der Waals surface area contributed by atoms with E-state index in [1.54, 1.807) is 36.4 Å². The number of rotatable bonds is 3. The van der Waals surface area contributed by atoms with Gasteiger partial charge in [0.2, 0.25) is 0 Å². The molecule has 0 spiro atoms. The van der Waals surface area contributed by atoms with Crippen LogP contribution < -0.4 is 5.32 Å². The van der Waals surface area contributed by atoms with Crippen LogP contribution in [-0.2, 0) is 0 Å². The predicted molar refractivity (Wildman–Crippen MR) is 73.7 cm³/mol. The Bertz CT molecular complexity index is 583. The summed E-state index contributed by atoms with van der Waals surface area (Å²) in [5, 5.41) is 3.24. The van der Waals surface area contributed by atoms with Gasteiger partial charge in [0.05, 0.1) is 16.6 Å². The Labute approximate surface area is 116 Å². The molecule has 2 rings (SSSR count). The van der Waals surface area contributed by atoms with Gasteiger partial charge in [-0.25, -0.2) is 4.39 Å². The van der Waals surface area contributed by atoms with Crippen molar-refractivity contribution >= 4 is 17.5 Å². The van der Waals surface area contributed by atoms with E-state index in [9.17, 15) is 9.18 Å². The minimum absolute atomic E-state index is 0.218. The van der Waals surface area contributed by atoms with Crippen molar-refractivity contribution in [3.63, 3.8) is 0 Å². The van der Waals surface area contributed by atoms with Crippen molar-refractivity contribution in [1.29, 1.82) is 0 Å². The molecule has 19 heavy (non-hydrogen) atoms. The Morgan fingerprint density at radius 2 is 1.79 bits per heavy atom. The van der Waals surface area contributed by atoms with Gasteiger partial charge in [-0.3, -0.25) is 4.79 Å². The van der Waals surface area contributed by atoms with Gasteiger partial charge >= 0.3 is 0 Å². The molecule has 2 aromatic carbocycles. The summed E-state index contributed by atoms with van der Waals surface area (Å²) in [4.78, 5) is 12.0. The Morgan fingerprint density at radius 3 is 2.42 bits per heavy atom. The van der Waals surface area contributed by atoms with E-state index in [2.05, 4.69) is 5.32 Å². The Hall–Kier alpha value is -1.87. The zero-order valence-electron chi connectivity index (χ0n) is 10.4. The van der Waals surface area contributed by atoms with Gasteiger partial charge in [-0.05, 0) is 36.8 Å². The molecule has 2 aromatic rings. The van der Waals surface area contributed by atoms with Crippen molar-refractivity contribution < 1.29 is 9.18 Å². The molecule has 0 aliphatic rings. The molecule has 0 aliphatic heterocycles. The summed E-state index contributed by atoms with van der Waals surface area (Å²) in [5.74, 6) is -0.546. The van der Waals surface area contributed by atoms with Gasteiger partial charge in [0.25, 0.3) is 5.91 Å². The van der Waals surface area contributed by atoms with Crippen LogP contribution in [0.5, 0.6) is 0 Å². The molecular formula is C15H13ClFNO. The van der Waals surface area contributed by atoms with Crippen LogP contribution in [0.2, 0.25) is 5.02 Å². The summed E-state index contributed by atoms with van der Waals surface area (Å²) in [6.45, 7) is 1.84. The van der Waals surface area contributed by atoms with Crippen LogP contribution in [0, 0.1) is 5.82 Å². The topological polar surface area (TPSA) is 29.1 Å². The molecular weight excluding hydrogens is 265 g/mol. The van der Waals surface area contributed by atoms with Crippen molar-refractivity contribution in [3.8, 4) is 0 Å². The lowest BCUT2D eigenvalue weighted by Gasteiger charge is -2.14. The van der Waals surface area contributed by atoms with Crippen LogP contribution >= 0.6 is 11.6 Å². The summed E-state index contributed by atoms with van der Waals surface area (Å²) < 4.78 is 12.8. The fraction of sp³-hybridized carbons (Fsp3) is 0.133. The molecule has 0 bridgehead atoms. The molecule has 0 aliphatic carbocycles. The number of carbonyl (C=O) groups is 1. The lowest BCUT2D eigenvalue weighted by Crippen LogP contribution is -2.26. The maximum Gasteiger partial charge on any atom is 0.253 e. The average molecular weight is 278 g/mol. The normalized spacial score (nSPS) is 11.9. The molecule has 0 saturated carbocycles. The first-order chi connectivity index (χ1) is 9.08. The summed E-state index contributed by atoms with van der Waals surface area (Å²) in [6, 6.07) is 12.7. The van der Waals surface area contributed by atoms with Gasteiger partial charge in [0, 0.05) is 0 Å². The van der Waals surface area contributed by atoms with Crippen LogP contribution in [0.4, 0.5) is 4.39 Å². The molecule has 98 valence electrons. The maximum atomic E-state index is 12.8. The van der Waals surface area contributed by atoms with E-state index in [1.807, 2.05) is 6.92 Å². The lowest BCUT2D eigenvalue weighted by molar-refractivity contribution is 0.0940. The largest absolute Gasteiger partial charge is 0.345 e. The monoisotopic (exact) mass is 277 g/mol. The molecule has 0 saturated heterocycles. The van der Waals surface area contributed by atoms with Crippen molar-refractivity contribution in [2.45, 2.75) is 13.0 Å². The smallest absolute Gasteiger partial charge is 0.253 e. The molecule has 0 radical (unpaired) electrons. The number of nitrogens with one attached hydrogen (secondary N) is 1. The van der Waals surface area contributed by atoms with Crippen LogP contribution in [0.3, 0.4) is 0 Å². The van der Waals surface area contributed by atoms with Crippen molar-refractivity contribution in [2.24, 2.45) is 0 Å².